The zero-order valence-corrected chi connectivity index (χ0v) is 9.49. The Morgan fingerprint density at radius 1 is 1.26 bits per heavy atom. The second-order valence-corrected chi connectivity index (χ2v) is 3.89. The molecule has 0 N–H and O–H groups in total. The van der Waals surface area contributed by atoms with Gasteiger partial charge in [-0.25, -0.2) is 9.37 Å². The Labute approximate surface area is 105 Å². The van der Waals surface area contributed by atoms with Crippen molar-refractivity contribution in [3.05, 3.63) is 53.9 Å². The van der Waals surface area contributed by atoms with Crippen LogP contribution in [-0.2, 0) is 12.6 Å². The van der Waals surface area contributed by atoms with Crippen LogP contribution in [0.4, 0.5) is 17.6 Å². The van der Waals surface area contributed by atoms with Crippen molar-refractivity contribution in [3.63, 3.8) is 0 Å². The summed E-state index contributed by atoms with van der Waals surface area (Å²) >= 11 is 0. The summed E-state index contributed by atoms with van der Waals surface area (Å²) < 4.78 is 51.7. The average Bonchev–Trinajstić information content (AvgIpc) is 2.80. The molecule has 0 saturated heterocycles. The van der Waals surface area contributed by atoms with E-state index in [2.05, 4.69) is 4.98 Å². The third-order valence-corrected chi connectivity index (χ3v) is 2.43. The second kappa shape index (κ2) is 4.83. The van der Waals surface area contributed by atoms with E-state index in [-0.39, 0.29) is 12.0 Å². The molecule has 100 valence electrons. The number of carbonyl (C=O) groups excluding carboxylic acids is 1. The van der Waals surface area contributed by atoms with Crippen molar-refractivity contribution in [1.82, 2.24) is 9.55 Å². The van der Waals surface area contributed by atoms with Crippen LogP contribution in [0.3, 0.4) is 0 Å². The van der Waals surface area contributed by atoms with Crippen molar-refractivity contribution in [3.8, 4) is 0 Å². The van der Waals surface area contributed by atoms with E-state index in [4.69, 9.17) is 0 Å². The molecule has 0 unspecified atom stereocenters. The van der Waals surface area contributed by atoms with Gasteiger partial charge in [-0.3, -0.25) is 9.36 Å². The van der Waals surface area contributed by atoms with Gasteiger partial charge in [-0.1, -0.05) is 0 Å². The third-order valence-electron chi connectivity index (χ3n) is 2.43. The summed E-state index contributed by atoms with van der Waals surface area (Å²) in [4.78, 5) is 15.3. The van der Waals surface area contributed by atoms with Crippen LogP contribution in [0.5, 0.6) is 0 Å². The van der Waals surface area contributed by atoms with Gasteiger partial charge in [-0.15, -0.1) is 0 Å². The minimum Gasteiger partial charge on any atom is -0.276 e. The van der Waals surface area contributed by atoms with Gasteiger partial charge in [0.2, 0.25) is 5.91 Å². The maximum atomic E-state index is 13.1. The third kappa shape index (κ3) is 3.18. The van der Waals surface area contributed by atoms with Crippen molar-refractivity contribution in [2.24, 2.45) is 0 Å². The number of benzene rings is 1. The first-order chi connectivity index (χ1) is 8.86. The van der Waals surface area contributed by atoms with Crippen LogP contribution in [0.1, 0.15) is 15.9 Å². The van der Waals surface area contributed by atoms with Gasteiger partial charge in [0, 0.05) is 12.4 Å². The van der Waals surface area contributed by atoms with E-state index in [1.807, 2.05) is 0 Å². The maximum Gasteiger partial charge on any atom is 0.416 e. The number of halogens is 4. The van der Waals surface area contributed by atoms with E-state index >= 15 is 0 Å². The zero-order chi connectivity index (χ0) is 14.0. The Balaban J connectivity index is 2.26. The molecule has 0 radical (unpaired) electrons. The number of rotatable bonds is 2. The van der Waals surface area contributed by atoms with Gasteiger partial charge in [-0.2, -0.15) is 13.2 Å². The predicted octanol–water partition coefficient (Wildman–Crippen LogP) is 2.92. The number of hydrogen-bond acceptors (Lipinski definition) is 2. The highest BCUT2D eigenvalue weighted by Crippen LogP contribution is 2.30. The largest absolute Gasteiger partial charge is 0.416 e. The van der Waals surface area contributed by atoms with E-state index in [9.17, 15) is 22.4 Å². The Hall–Kier alpha value is -2.18. The summed E-state index contributed by atoms with van der Waals surface area (Å²) in [7, 11) is 0. The van der Waals surface area contributed by atoms with Crippen molar-refractivity contribution in [2.75, 3.05) is 0 Å². The molecule has 0 amide bonds. The molecule has 0 aliphatic rings. The Kier molecular flexibility index (Phi) is 3.37. The van der Waals surface area contributed by atoms with Crippen LogP contribution in [-0.4, -0.2) is 15.5 Å². The van der Waals surface area contributed by atoms with Crippen molar-refractivity contribution < 1.29 is 22.4 Å². The normalized spacial score (nSPS) is 11.6. The number of imidazole rings is 1. The van der Waals surface area contributed by atoms with E-state index < -0.39 is 23.5 Å². The Morgan fingerprint density at radius 2 is 2.00 bits per heavy atom. The smallest absolute Gasteiger partial charge is 0.276 e. The summed E-state index contributed by atoms with van der Waals surface area (Å²) in [5.41, 5.74) is -1.15. The molecule has 0 aliphatic carbocycles. The van der Waals surface area contributed by atoms with Crippen LogP contribution in [0.2, 0.25) is 0 Å². The number of hydrogen-bond donors (Lipinski definition) is 0. The van der Waals surface area contributed by atoms with E-state index in [0.717, 1.165) is 16.7 Å². The fraction of sp³-hybridized carbons (Fsp3) is 0.167. The van der Waals surface area contributed by atoms with Crippen LogP contribution in [0, 0.1) is 5.82 Å². The Bertz CT molecular complexity index is 590. The summed E-state index contributed by atoms with van der Waals surface area (Å²) in [5, 5.41) is 0. The first kappa shape index (κ1) is 13.3. The molecule has 2 aromatic rings. The van der Waals surface area contributed by atoms with E-state index in [1.54, 1.807) is 0 Å². The van der Waals surface area contributed by atoms with Crippen LogP contribution in [0.25, 0.3) is 0 Å². The molecule has 0 bridgehead atoms. The minimum atomic E-state index is -4.64. The summed E-state index contributed by atoms with van der Waals surface area (Å²) in [6, 6.07) is 2.06. The van der Waals surface area contributed by atoms with Crippen LogP contribution < -0.4 is 0 Å². The monoisotopic (exact) mass is 272 g/mol. The van der Waals surface area contributed by atoms with Gasteiger partial charge in [-0.05, 0) is 23.8 Å². The maximum absolute atomic E-state index is 13.1. The molecule has 0 aliphatic heterocycles. The van der Waals surface area contributed by atoms with Gasteiger partial charge in [0.05, 0.1) is 12.0 Å². The van der Waals surface area contributed by atoms with Crippen molar-refractivity contribution in [1.29, 1.82) is 0 Å². The summed E-state index contributed by atoms with van der Waals surface area (Å²) in [6.07, 6.45) is -1.02. The van der Waals surface area contributed by atoms with Crippen molar-refractivity contribution >= 4 is 5.91 Å². The van der Waals surface area contributed by atoms with Gasteiger partial charge >= 0.3 is 6.18 Å². The SMILES string of the molecule is O=C(Cc1cc(F)cc(C(F)(F)F)c1)n1ccnc1. The Morgan fingerprint density at radius 3 is 2.58 bits per heavy atom. The lowest BCUT2D eigenvalue weighted by molar-refractivity contribution is -0.137. The van der Waals surface area contributed by atoms with Gasteiger partial charge < -0.3 is 0 Å². The number of alkyl halides is 3. The molecule has 1 aromatic heterocycles. The molecule has 1 heterocycles. The highest BCUT2D eigenvalue weighted by molar-refractivity contribution is 5.81. The molecular weight excluding hydrogens is 264 g/mol. The molecule has 0 saturated carbocycles. The van der Waals surface area contributed by atoms with Gasteiger partial charge in [0.15, 0.2) is 0 Å². The lowest BCUT2D eigenvalue weighted by atomic mass is 10.1. The highest BCUT2D eigenvalue weighted by Gasteiger charge is 2.31. The second-order valence-electron chi connectivity index (χ2n) is 3.89. The molecule has 7 heteroatoms. The molecule has 2 rings (SSSR count). The molecule has 1 aromatic carbocycles. The van der Waals surface area contributed by atoms with Gasteiger partial charge in [0.25, 0.3) is 0 Å². The summed E-state index contributed by atoms with van der Waals surface area (Å²) in [6.45, 7) is 0. The standard InChI is InChI=1S/C12H8F4N2O/c13-10-4-8(3-9(6-10)12(14,15)16)5-11(19)18-2-1-17-7-18/h1-4,6-7H,5H2. The lowest BCUT2D eigenvalue weighted by Gasteiger charge is -2.09. The first-order valence-electron chi connectivity index (χ1n) is 5.24. The fourth-order valence-electron chi connectivity index (χ4n) is 1.59. The minimum absolute atomic E-state index is 0.0361. The highest BCUT2D eigenvalue weighted by atomic mass is 19.4. The molecule has 3 nitrogen and oxygen atoms in total. The van der Waals surface area contributed by atoms with E-state index in [1.165, 1.54) is 18.7 Å². The molecular formula is C12H8F4N2O. The fourth-order valence-corrected chi connectivity index (χ4v) is 1.59. The average molecular weight is 272 g/mol. The predicted molar refractivity (Wildman–Crippen MR) is 58.0 cm³/mol. The number of nitrogens with zero attached hydrogens (tertiary/aromatic N) is 2. The topological polar surface area (TPSA) is 34.9 Å². The lowest BCUT2D eigenvalue weighted by Crippen LogP contribution is -2.13. The van der Waals surface area contributed by atoms with Crippen LogP contribution >= 0.6 is 0 Å². The van der Waals surface area contributed by atoms with Gasteiger partial charge in [0.1, 0.15) is 12.1 Å². The quantitative estimate of drug-likeness (QED) is 0.788. The zero-order valence-electron chi connectivity index (χ0n) is 9.49. The van der Waals surface area contributed by atoms with E-state index in [0.29, 0.717) is 6.07 Å². The molecule has 0 spiro atoms. The summed E-state index contributed by atoms with van der Waals surface area (Å²) in [5.74, 6) is -1.51. The molecule has 0 atom stereocenters. The molecule has 19 heavy (non-hydrogen) atoms. The van der Waals surface area contributed by atoms with Crippen molar-refractivity contribution in [2.45, 2.75) is 12.6 Å². The van der Waals surface area contributed by atoms with Crippen LogP contribution in [0.15, 0.2) is 36.9 Å². The molecule has 0 fully saturated rings. The number of carbonyl (C=O) groups is 1. The first-order valence-corrected chi connectivity index (χ1v) is 5.24. The number of aromatic nitrogens is 2.